The predicted molar refractivity (Wildman–Crippen MR) is 128 cm³/mol. The Hall–Kier alpha value is -2.53. The number of hydrogen-bond acceptors (Lipinski definition) is 4. The van der Waals surface area contributed by atoms with Gasteiger partial charge in [-0.1, -0.05) is 30.3 Å². The molecule has 5 nitrogen and oxygen atoms in total. The molecule has 0 N–H and O–H groups in total. The van der Waals surface area contributed by atoms with Crippen molar-refractivity contribution in [3.63, 3.8) is 0 Å². The molecule has 1 amide bonds. The van der Waals surface area contributed by atoms with Gasteiger partial charge < -0.3 is 19.3 Å². The molecule has 0 aromatic heterocycles. The highest BCUT2D eigenvalue weighted by Crippen LogP contribution is 2.30. The Morgan fingerprint density at radius 2 is 1.75 bits per heavy atom. The van der Waals surface area contributed by atoms with Crippen LogP contribution in [0.25, 0.3) is 0 Å². The van der Waals surface area contributed by atoms with E-state index in [0.29, 0.717) is 17.4 Å². The fraction of sp³-hybridized carbons (Fsp3) is 0.519. The van der Waals surface area contributed by atoms with Crippen molar-refractivity contribution in [1.29, 1.82) is 0 Å². The molecule has 4 rings (SSSR count). The van der Waals surface area contributed by atoms with Gasteiger partial charge in [0.1, 0.15) is 17.6 Å². The maximum atomic E-state index is 13.0. The van der Waals surface area contributed by atoms with Crippen LogP contribution in [-0.4, -0.2) is 61.1 Å². The summed E-state index contributed by atoms with van der Waals surface area (Å²) in [5.41, 5.74) is 2.07. The number of nitrogens with zero attached hydrogens (tertiary/aromatic N) is 2. The van der Waals surface area contributed by atoms with Crippen molar-refractivity contribution < 1.29 is 14.3 Å². The highest BCUT2D eigenvalue weighted by atomic mass is 16.5. The molecule has 32 heavy (non-hydrogen) atoms. The fourth-order valence-corrected chi connectivity index (χ4v) is 4.81. The molecule has 0 bridgehead atoms. The normalized spacial score (nSPS) is 18.5. The van der Waals surface area contributed by atoms with Crippen LogP contribution in [0.5, 0.6) is 11.5 Å². The number of rotatable bonds is 8. The number of hydrogen-bond donors (Lipinski definition) is 0. The van der Waals surface area contributed by atoms with Gasteiger partial charge in [-0.3, -0.25) is 4.79 Å². The Labute approximate surface area is 192 Å². The lowest BCUT2D eigenvalue weighted by Crippen LogP contribution is -2.43. The molecule has 2 aromatic rings. The number of aryl methyl sites for hydroxylation is 1. The Bertz CT molecular complexity index is 872. The van der Waals surface area contributed by atoms with Crippen molar-refractivity contribution >= 4 is 5.91 Å². The van der Waals surface area contributed by atoms with Crippen LogP contribution in [0.3, 0.4) is 0 Å². The first-order chi connectivity index (χ1) is 15.6. The second-order valence-corrected chi connectivity index (χ2v) is 9.09. The van der Waals surface area contributed by atoms with Crippen molar-refractivity contribution in [3.05, 3.63) is 59.7 Å². The highest BCUT2D eigenvalue weighted by molar-refractivity contribution is 5.97. The van der Waals surface area contributed by atoms with Crippen LogP contribution >= 0.6 is 0 Å². The summed E-state index contributed by atoms with van der Waals surface area (Å²) in [7, 11) is 1.65. The molecule has 2 fully saturated rings. The molecule has 0 spiro atoms. The monoisotopic (exact) mass is 436 g/mol. The topological polar surface area (TPSA) is 42.0 Å². The molecular formula is C27H36N2O3. The molecule has 2 aliphatic rings. The van der Waals surface area contributed by atoms with Gasteiger partial charge in [-0.2, -0.15) is 0 Å². The molecule has 0 aliphatic carbocycles. The summed E-state index contributed by atoms with van der Waals surface area (Å²) >= 11 is 0. The Balaban J connectivity index is 1.33. The third kappa shape index (κ3) is 5.63. The molecule has 2 aromatic carbocycles. The van der Waals surface area contributed by atoms with Crippen LogP contribution in [-0.2, 0) is 6.42 Å². The molecule has 0 saturated carbocycles. The maximum absolute atomic E-state index is 13.0. The van der Waals surface area contributed by atoms with E-state index in [1.54, 1.807) is 7.11 Å². The number of likely N-dealkylation sites (tertiary alicyclic amines) is 2. The first kappa shape index (κ1) is 22.7. The number of carbonyl (C=O) groups is 1. The summed E-state index contributed by atoms with van der Waals surface area (Å²) in [6, 6.07) is 16.9. The van der Waals surface area contributed by atoms with Gasteiger partial charge in [-0.25, -0.2) is 0 Å². The van der Waals surface area contributed by atoms with Crippen LogP contribution in [0.2, 0.25) is 0 Å². The zero-order valence-electron chi connectivity index (χ0n) is 19.5. The Kier molecular flexibility index (Phi) is 7.69. The van der Waals surface area contributed by atoms with Crippen LogP contribution in [0.1, 0.15) is 54.9 Å². The number of methoxy groups -OCH3 is 1. The van der Waals surface area contributed by atoms with Crippen molar-refractivity contribution in [2.45, 2.75) is 57.6 Å². The summed E-state index contributed by atoms with van der Waals surface area (Å²) in [6.45, 7) is 6.06. The van der Waals surface area contributed by atoms with E-state index in [-0.39, 0.29) is 12.0 Å². The van der Waals surface area contributed by atoms with Gasteiger partial charge >= 0.3 is 0 Å². The molecule has 2 saturated heterocycles. The largest absolute Gasteiger partial charge is 0.497 e. The first-order valence-electron chi connectivity index (χ1n) is 12.1. The van der Waals surface area contributed by atoms with E-state index < -0.39 is 0 Å². The molecular weight excluding hydrogens is 400 g/mol. The number of piperidine rings is 1. The lowest BCUT2D eigenvalue weighted by Gasteiger charge is -2.36. The average Bonchev–Trinajstić information content (AvgIpc) is 3.38. The SMILES string of the molecule is COc1ccc(C(=O)N2CCCC2)c(OC2CCN([C@H](C)CCc3ccccc3)CC2)c1. The number of amides is 1. The highest BCUT2D eigenvalue weighted by Gasteiger charge is 2.27. The second-order valence-electron chi connectivity index (χ2n) is 9.09. The van der Waals surface area contributed by atoms with Gasteiger partial charge in [0.05, 0.1) is 12.7 Å². The molecule has 2 aliphatic heterocycles. The predicted octanol–water partition coefficient (Wildman–Crippen LogP) is 4.80. The van der Waals surface area contributed by atoms with Crippen molar-refractivity contribution in [1.82, 2.24) is 9.80 Å². The quantitative estimate of drug-likeness (QED) is 0.596. The molecule has 1 atom stereocenters. The minimum Gasteiger partial charge on any atom is -0.497 e. The molecule has 0 radical (unpaired) electrons. The van der Waals surface area contributed by atoms with E-state index in [0.717, 1.165) is 64.0 Å². The van der Waals surface area contributed by atoms with E-state index in [1.165, 1.54) is 12.0 Å². The summed E-state index contributed by atoms with van der Waals surface area (Å²) in [5, 5.41) is 0. The Morgan fingerprint density at radius 3 is 2.44 bits per heavy atom. The van der Waals surface area contributed by atoms with Gasteiger partial charge in [-0.05, 0) is 63.1 Å². The molecule has 172 valence electrons. The van der Waals surface area contributed by atoms with E-state index in [2.05, 4.69) is 42.2 Å². The maximum Gasteiger partial charge on any atom is 0.257 e. The van der Waals surface area contributed by atoms with Gasteiger partial charge in [0.15, 0.2) is 0 Å². The van der Waals surface area contributed by atoms with Gasteiger partial charge in [0.25, 0.3) is 5.91 Å². The first-order valence-corrected chi connectivity index (χ1v) is 12.1. The average molecular weight is 437 g/mol. The van der Waals surface area contributed by atoms with Crippen LogP contribution < -0.4 is 9.47 Å². The number of benzene rings is 2. The smallest absolute Gasteiger partial charge is 0.257 e. The standard InChI is InChI=1S/C27H36N2O3/c1-21(10-11-22-8-4-3-5-9-22)28-18-14-23(15-19-28)32-26-20-24(31-2)12-13-25(26)27(30)29-16-6-7-17-29/h3-5,8-9,12-13,20-21,23H,6-7,10-11,14-19H2,1-2H3/t21-/m1/s1. The zero-order valence-corrected chi connectivity index (χ0v) is 19.5. The summed E-state index contributed by atoms with van der Waals surface area (Å²) < 4.78 is 11.8. The van der Waals surface area contributed by atoms with Crippen molar-refractivity contribution in [2.75, 3.05) is 33.3 Å². The van der Waals surface area contributed by atoms with E-state index in [1.807, 2.05) is 23.1 Å². The van der Waals surface area contributed by atoms with Crippen molar-refractivity contribution in [2.24, 2.45) is 0 Å². The lowest BCUT2D eigenvalue weighted by molar-refractivity contribution is 0.0717. The van der Waals surface area contributed by atoms with Crippen LogP contribution in [0.4, 0.5) is 0 Å². The van der Waals surface area contributed by atoms with Crippen molar-refractivity contribution in [3.8, 4) is 11.5 Å². The summed E-state index contributed by atoms with van der Waals surface area (Å²) in [6.07, 6.45) is 6.53. The van der Waals surface area contributed by atoms with Crippen LogP contribution in [0.15, 0.2) is 48.5 Å². The van der Waals surface area contributed by atoms with Gasteiger partial charge in [0, 0.05) is 38.3 Å². The second kappa shape index (κ2) is 10.9. The third-order valence-corrected chi connectivity index (χ3v) is 6.90. The van der Waals surface area contributed by atoms with Gasteiger partial charge in [-0.15, -0.1) is 0 Å². The van der Waals surface area contributed by atoms with Crippen LogP contribution in [0, 0.1) is 0 Å². The summed E-state index contributed by atoms with van der Waals surface area (Å²) in [4.78, 5) is 17.5. The zero-order chi connectivity index (χ0) is 22.3. The Morgan fingerprint density at radius 1 is 1.03 bits per heavy atom. The minimum absolute atomic E-state index is 0.0760. The number of carbonyl (C=O) groups excluding carboxylic acids is 1. The third-order valence-electron chi connectivity index (χ3n) is 6.90. The fourth-order valence-electron chi connectivity index (χ4n) is 4.81. The molecule has 0 unspecified atom stereocenters. The molecule has 5 heteroatoms. The van der Waals surface area contributed by atoms with E-state index >= 15 is 0 Å². The van der Waals surface area contributed by atoms with E-state index in [4.69, 9.17) is 9.47 Å². The minimum atomic E-state index is 0.0760. The van der Waals surface area contributed by atoms with E-state index in [9.17, 15) is 4.79 Å². The summed E-state index contributed by atoms with van der Waals surface area (Å²) in [5.74, 6) is 1.47. The lowest BCUT2D eigenvalue weighted by atomic mass is 10.0. The number of ether oxygens (including phenoxy) is 2. The molecule has 2 heterocycles. The van der Waals surface area contributed by atoms with Gasteiger partial charge in [0.2, 0.25) is 0 Å².